The van der Waals surface area contributed by atoms with Gasteiger partial charge in [-0.1, -0.05) is 44.6 Å². The molecule has 2 heterocycles. The van der Waals surface area contributed by atoms with Gasteiger partial charge in [-0.3, -0.25) is 14.6 Å². The molecule has 3 aliphatic rings. The average Bonchev–Trinajstić information content (AvgIpc) is 3.36. The summed E-state index contributed by atoms with van der Waals surface area (Å²) in [6, 6.07) is 6.79. The van der Waals surface area contributed by atoms with E-state index in [1.54, 1.807) is 0 Å². The van der Waals surface area contributed by atoms with Gasteiger partial charge >= 0.3 is 6.18 Å². The third-order valence-electron chi connectivity index (χ3n) is 9.31. The largest absolute Gasteiger partial charge is 0.401 e. The second kappa shape index (κ2) is 15.2. The zero-order valence-corrected chi connectivity index (χ0v) is 25.3. The highest BCUT2D eigenvalue weighted by molar-refractivity contribution is 5.79. The topological polar surface area (TPSA) is 44.6 Å². The number of imidazole rings is 1. The number of benzene rings is 1. The Morgan fingerprint density at radius 3 is 2.19 bits per heavy atom. The predicted octanol–water partition coefficient (Wildman–Crippen LogP) is 6.58. The highest BCUT2D eigenvalue weighted by atomic mass is 19.4. The van der Waals surface area contributed by atoms with E-state index in [0.29, 0.717) is 57.6 Å². The Hall–Kier alpha value is -2.57. The van der Waals surface area contributed by atoms with Gasteiger partial charge in [0.05, 0.1) is 17.6 Å². The van der Waals surface area contributed by atoms with Gasteiger partial charge < -0.3 is 9.47 Å². The van der Waals surface area contributed by atoms with Gasteiger partial charge in [0.15, 0.2) is 0 Å². The minimum absolute atomic E-state index is 0.249. The van der Waals surface area contributed by atoms with Crippen molar-refractivity contribution in [3.63, 3.8) is 0 Å². The summed E-state index contributed by atoms with van der Waals surface area (Å²) >= 11 is 0. The molecule has 1 amide bonds. The molecule has 2 aromatic rings. The van der Waals surface area contributed by atoms with Gasteiger partial charge in [-0.15, -0.1) is 12.8 Å². The van der Waals surface area contributed by atoms with Gasteiger partial charge in [-0.2, -0.15) is 13.2 Å². The van der Waals surface area contributed by atoms with Gasteiger partial charge in [-0.25, -0.2) is 4.98 Å². The minimum Gasteiger partial charge on any atom is -0.340 e. The number of aromatic nitrogens is 2. The van der Waals surface area contributed by atoms with Crippen LogP contribution in [0.1, 0.15) is 94.9 Å². The molecule has 2 aliphatic carbocycles. The maximum Gasteiger partial charge on any atom is 0.401 e. The summed E-state index contributed by atoms with van der Waals surface area (Å²) in [6.45, 7) is 5.52. The van der Waals surface area contributed by atoms with Crippen molar-refractivity contribution in [2.75, 3.05) is 39.3 Å². The summed E-state index contributed by atoms with van der Waals surface area (Å²) in [6.07, 6.45) is 16.3. The van der Waals surface area contributed by atoms with E-state index in [9.17, 15) is 18.0 Å². The SMILES string of the molecule is C#C.CCN(C(=O)CCn1c(C2CCCCC2)nc2ccc(CN3CCN(CC(F)(F)F)CC3)cc21)C1CCCCC1. The van der Waals surface area contributed by atoms with Crippen LogP contribution in [0.15, 0.2) is 18.2 Å². The molecule has 9 heteroatoms. The van der Waals surface area contributed by atoms with Crippen LogP contribution in [0.2, 0.25) is 0 Å². The summed E-state index contributed by atoms with van der Waals surface area (Å²) in [5.74, 6) is 1.81. The first kappa shape index (κ1) is 32.3. The third kappa shape index (κ3) is 8.50. The van der Waals surface area contributed by atoms with Crippen molar-refractivity contribution in [1.29, 1.82) is 0 Å². The van der Waals surface area contributed by atoms with Crippen molar-refractivity contribution < 1.29 is 18.0 Å². The van der Waals surface area contributed by atoms with Crippen molar-refractivity contribution in [2.24, 2.45) is 0 Å². The first-order valence-electron chi connectivity index (χ1n) is 15.9. The number of nitrogens with zero attached hydrogens (tertiary/aromatic N) is 5. The number of carbonyl (C=O) groups excluding carboxylic acids is 1. The van der Waals surface area contributed by atoms with Crippen LogP contribution in [0, 0.1) is 12.8 Å². The zero-order valence-electron chi connectivity index (χ0n) is 25.3. The number of hydrogen-bond acceptors (Lipinski definition) is 4. The maximum atomic E-state index is 13.4. The second-order valence-corrected chi connectivity index (χ2v) is 12.2. The summed E-state index contributed by atoms with van der Waals surface area (Å²) in [4.78, 5) is 24.4. The molecular weight excluding hydrogens is 539 g/mol. The summed E-state index contributed by atoms with van der Waals surface area (Å²) < 4.78 is 40.7. The lowest BCUT2D eigenvalue weighted by molar-refractivity contribution is -0.149. The molecule has 0 atom stereocenters. The van der Waals surface area contributed by atoms with Gasteiger partial charge in [-0.05, 0) is 50.3 Å². The Morgan fingerprint density at radius 1 is 0.952 bits per heavy atom. The number of carbonyl (C=O) groups is 1. The molecule has 1 aliphatic heterocycles. The van der Waals surface area contributed by atoms with Crippen molar-refractivity contribution in [2.45, 2.75) is 109 Å². The second-order valence-electron chi connectivity index (χ2n) is 12.2. The summed E-state index contributed by atoms with van der Waals surface area (Å²) in [5.41, 5.74) is 3.21. The quantitative estimate of drug-likeness (QED) is 0.311. The summed E-state index contributed by atoms with van der Waals surface area (Å²) in [7, 11) is 0. The number of alkyl halides is 3. The number of piperazine rings is 1. The normalized spacial score (nSPS) is 19.9. The van der Waals surface area contributed by atoms with Crippen molar-refractivity contribution in [3.05, 3.63) is 29.6 Å². The molecule has 0 N–H and O–H groups in total. The Labute approximate surface area is 249 Å². The van der Waals surface area contributed by atoms with E-state index in [0.717, 1.165) is 54.6 Å². The molecule has 3 fully saturated rings. The van der Waals surface area contributed by atoms with E-state index in [-0.39, 0.29) is 5.91 Å². The maximum absolute atomic E-state index is 13.4. The van der Waals surface area contributed by atoms with Gasteiger partial charge in [0.2, 0.25) is 5.91 Å². The van der Waals surface area contributed by atoms with Crippen LogP contribution < -0.4 is 0 Å². The fraction of sp³-hybridized carbons (Fsp3) is 0.697. The molecule has 0 unspecified atom stereocenters. The molecule has 0 radical (unpaired) electrons. The fourth-order valence-corrected chi connectivity index (χ4v) is 7.19. The number of hydrogen-bond donors (Lipinski definition) is 0. The smallest absolute Gasteiger partial charge is 0.340 e. The fourth-order valence-electron chi connectivity index (χ4n) is 7.19. The predicted molar refractivity (Wildman–Crippen MR) is 162 cm³/mol. The van der Waals surface area contributed by atoms with Crippen molar-refractivity contribution in [1.82, 2.24) is 24.3 Å². The van der Waals surface area contributed by atoms with Crippen LogP contribution in [-0.2, 0) is 17.9 Å². The molecule has 2 saturated carbocycles. The molecule has 1 aromatic heterocycles. The Kier molecular flexibility index (Phi) is 11.7. The van der Waals surface area contributed by atoms with Gasteiger partial charge in [0.25, 0.3) is 0 Å². The molecular formula is C33H48F3N5O. The van der Waals surface area contributed by atoms with E-state index in [1.165, 1.54) is 43.4 Å². The molecule has 6 nitrogen and oxygen atoms in total. The number of terminal acetylenes is 1. The number of rotatable bonds is 9. The van der Waals surface area contributed by atoms with Crippen LogP contribution in [0.5, 0.6) is 0 Å². The molecule has 5 rings (SSSR count). The van der Waals surface area contributed by atoms with Crippen LogP contribution >= 0.6 is 0 Å². The summed E-state index contributed by atoms with van der Waals surface area (Å²) in [5, 5.41) is 0. The number of halogens is 3. The Bertz CT molecular complexity index is 1160. The lowest BCUT2D eigenvalue weighted by atomic mass is 9.88. The van der Waals surface area contributed by atoms with Crippen molar-refractivity contribution in [3.8, 4) is 12.8 Å². The molecule has 0 bridgehead atoms. The third-order valence-corrected chi connectivity index (χ3v) is 9.31. The van der Waals surface area contributed by atoms with Crippen LogP contribution in [0.3, 0.4) is 0 Å². The van der Waals surface area contributed by atoms with Crippen LogP contribution in [-0.4, -0.2) is 81.6 Å². The van der Waals surface area contributed by atoms with E-state index in [2.05, 4.69) is 52.3 Å². The van der Waals surface area contributed by atoms with Gasteiger partial charge in [0, 0.05) is 64.2 Å². The standard InChI is InChI=1S/C31H46F3N5O.C2H2/c1-2-38(26-11-7-4-8-12-26)29(40)15-16-39-28-21-24(22-36-17-19-37(20-18-36)23-31(32,33)34)13-14-27(28)35-30(39)25-9-5-3-6-10-25;1-2/h13-14,21,25-26H,2-12,15-20,22-23H2,1H3;1-2H. The molecule has 1 saturated heterocycles. The highest BCUT2D eigenvalue weighted by Gasteiger charge is 2.32. The highest BCUT2D eigenvalue weighted by Crippen LogP contribution is 2.34. The zero-order chi connectivity index (χ0) is 30.1. The number of aryl methyl sites for hydroxylation is 1. The minimum atomic E-state index is -4.15. The molecule has 42 heavy (non-hydrogen) atoms. The number of amides is 1. The monoisotopic (exact) mass is 587 g/mol. The average molecular weight is 588 g/mol. The molecule has 0 spiro atoms. The first-order valence-corrected chi connectivity index (χ1v) is 15.9. The first-order chi connectivity index (χ1) is 20.3. The van der Waals surface area contributed by atoms with Crippen LogP contribution in [0.25, 0.3) is 11.0 Å². The Morgan fingerprint density at radius 2 is 1.57 bits per heavy atom. The lowest BCUT2D eigenvalue weighted by Gasteiger charge is -2.35. The number of fused-ring (bicyclic) bond motifs is 1. The van der Waals surface area contributed by atoms with E-state index >= 15 is 0 Å². The van der Waals surface area contributed by atoms with E-state index in [1.807, 2.05) is 0 Å². The molecule has 232 valence electrons. The lowest BCUT2D eigenvalue weighted by Crippen LogP contribution is -2.48. The molecule has 1 aromatic carbocycles. The van der Waals surface area contributed by atoms with Crippen LogP contribution in [0.4, 0.5) is 13.2 Å². The van der Waals surface area contributed by atoms with E-state index < -0.39 is 12.7 Å². The van der Waals surface area contributed by atoms with Gasteiger partial charge in [0.1, 0.15) is 5.82 Å². The van der Waals surface area contributed by atoms with E-state index in [4.69, 9.17) is 4.98 Å². The van der Waals surface area contributed by atoms with Crippen molar-refractivity contribution >= 4 is 16.9 Å². The Balaban J connectivity index is 0.00000198.